The second kappa shape index (κ2) is 11.9. The fourth-order valence-corrected chi connectivity index (χ4v) is 1.47. The van der Waals surface area contributed by atoms with Crippen molar-refractivity contribution in [1.29, 1.82) is 0 Å². The van der Waals surface area contributed by atoms with Crippen LogP contribution in [0.2, 0.25) is 0 Å². The highest BCUT2D eigenvalue weighted by Gasteiger charge is 2.06. The predicted molar refractivity (Wildman–Crippen MR) is 71.7 cm³/mol. The van der Waals surface area contributed by atoms with Gasteiger partial charge in [0.05, 0.1) is 38.1 Å². The van der Waals surface area contributed by atoms with Crippen LogP contribution in [-0.4, -0.2) is 61.4 Å². The molecule has 0 aromatic carbocycles. The van der Waals surface area contributed by atoms with Crippen LogP contribution in [0.25, 0.3) is 0 Å². The molecule has 5 heteroatoms. The lowest BCUT2D eigenvalue weighted by Gasteiger charge is -2.15. The molecule has 0 aliphatic rings. The van der Waals surface area contributed by atoms with Crippen LogP contribution in [-0.2, 0) is 9.47 Å². The Labute approximate surface area is 110 Å². The molecule has 0 saturated heterocycles. The summed E-state index contributed by atoms with van der Waals surface area (Å²) in [5.41, 5.74) is 0. The van der Waals surface area contributed by atoms with E-state index >= 15 is 0 Å². The second-order valence-electron chi connectivity index (χ2n) is 4.75. The first kappa shape index (κ1) is 17.8. The first-order valence-corrected chi connectivity index (χ1v) is 6.82. The Bertz CT molecular complexity index is 178. The van der Waals surface area contributed by atoms with Crippen LogP contribution in [0.3, 0.4) is 0 Å². The third-order valence-corrected chi connectivity index (χ3v) is 2.37. The van der Waals surface area contributed by atoms with Gasteiger partial charge in [0.25, 0.3) is 0 Å². The van der Waals surface area contributed by atoms with Crippen molar-refractivity contribution >= 4 is 0 Å². The standard InChI is InChI=1S/C13H29NO4/c1-4-5-12(15)8-14-9-13(16)10-17-6-7-18-11(2)3/h11-16H,4-10H2,1-3H3. The summed E-state index contributed by atoms with van der Waals surface area (Å²) < 4.78 is 10.6. The number of hydrogen-bond acceptors (Lipinski definition) is 5. The summed E-state index contributed by atoms with van der Waals surface area (Å²) in [5, 5.41) is 22.1. The number of nitrogens with one attached hydrogen (secondary N) is 1. The van der Waals surface area contributed by atoms with Gasteiger partial charge in [-0.25, -0.2) is 0 Å². The molecule has 0 aromatic rings. The Balaban J connectivity index is 3.29. The fraction of sp³-hybridized carbons (Fsp3) is 1.00. The summed E-state index contributed by atoms with van der Waals surface area (Å²) in [5.74, 6) is 0. The van der Waals surface area contributed by atoms with E-state index in [1.807, 2.05) is 20.8 Å². The number of ether oxygens (including phenoxy) is 2. The van der Waals surface area contributed by atoms with E-state index in [1.165, 1.54) is 0 Å². The van der Waals surface area contributed by atoms with E-state index in [0.29, 0.717) is 32.9 Å². The molecule has 2 atom stereocenters. The highest BCUT2D eigenvalue weighted by molar-refractivity contribution is 4.63. The normalized spacial score (nSPS) is 15.0. The fourth-order valence-electron chi connectivity index (χ4n) is 1.47. The predicted octanol–water partition coefficient (Wildman–Crippen LogP) is 0.540. The van der Waals surface area contributed by atoms with Crippen molar-refractivity contribution in [2.75, 3.05) is 32.9 Å². The third kappa shape index (κ3) is 12.3. The van der Waals surface area contributed by atoms with E-state index < -0.39 is 6.10 Å². The minimum atomic E-state index is -0.544. The van der Waals surface area contributed by atoms with E-state index in [4.69, 9.17) is 9.47 Å². The highest BCUT2D eigenvalue weighted by atomic mass is 16.5. The number of hydrogen-bond donors (Lipinski definition) is 3. The zero-order valence-electron chi connectivity index (χ0n) is 11.9. The lowest BCUT2D eigenvalue weighted by molar-refractivity contribution is -0.0105. The van der Waals surface area contributed by atoms with Gasteiger partial charge >= 0.3 is 0 Å². The highest BCUT2D eigenvalue weighted by Crippen LogP contribution is 1.94. The van der Waals surface area contributed by atoms with Crippen molar-refractivity contribution in [3.8, 4) is 0 Å². The van der Waals surface area contributed by atoms with Gasteiger partial charge in [-0.2, -0.15) is 0 Å². The Morgan fingerprint density at radius 3 is 2.33 bits per heavy atom. The van der Waals surface area contributed by atoms with Gasteiger partial charge in [0.1, 0.15) is 0 Å². The molecule has 0 bridgehead atoms. The van der Waals surface area contributed by atoms with Crippen LogP contribution >= 0.6 is 0 Å². The molecule has 0 amide bonds. The van der Waals surface area contributed by atoms with E-state index in [1.54, 1.807) is 0 Å². The summed E-state index contributed by atoms with van der Waals surface area (Å²) in [6.45, 7) is 8.26. The van der Waals surface area contributed by atoms with Crippen LogP contribution in [0.15, 0.2) is 0 Å². The summed E-state index contributed by atoms with van der Waals surface area (Å²) in [6, 6.07) is 0. The molecule has 110 valence electrons. The van der Waals surface area contributed by atoms with E-state index in [9.17, 15) is 10.2 Å². The van der Waals surface area contributed by atoms with Crippen molar-refractivity contribution in [3.05, 3.63) is 0 Å². The quantitative estimate of drug-likeness (QED) is 0.448. The van der Waals surface area contributed by atoms with Crippen molar-refractivity contribution in [1.82, 2.24) is 5.32 Å². The summed E-state index contributed by atoms with van der Waals surface area (Å²) in [7, 11) is 0. The van der Waals surface area contributed by atoms with Crippen LogP contribution < -0.4 is 5.32 Å². The molecule has 0 aliphatic heterocycles. The molecule has 0 aromatic heterocycles. The average Bonchev–Trinajstić information content (AvgIpc) is 2.28. The SMILES string of the molecule is CCCC(O)CNCC(O)COCCOC(C)C. The average molecular weight is 263 g/mol. The van der Waals surface area contributed by atoms with Crippen molar-refractivity contribution in [2.45, 2.75) is 51.9 Å². The maximum Gasteiger partial charge on any atom is 0.0897 e. The minimum Gasteiger partial charge on any atom is -0.392 e. The van der Waals surface area contributed by atoms with Gasteiger partial charge in [-0.15, -0.1) is 0 Å². The van der Waals surface area contributed by atoms with Gasteiger partial charge in [-0.3, -0.25) is 0 Å². The maximum atomic E-state index is 9.59. The van der Waals surface area contributed by atoms with Crippen LogP contribution in [0.5, 0.6) is 0 Å². The van der Waals surface area contributed by atoms with E-state index in [0.717, 1.165) is 12.8 Å². The first-order chi connectivity index (χ1) is 8.56. The van der Waals surface area contributed by atoms with Gasteiger partial charge in [-0.1, -0.05) is 13.3 Å². The number of rotatable bonds is 12. The van der Waals surface area contributed by atoms with Gasteiger partial charge in [0, 0.05) is 13.1 Å². The molecule has 0 fully saturated rings. The monoisotopic (exact) mass is 263 g/mol. The number of aliphatic hydroxyl groups is 2. The minimum absolute atomic E-state index is 0.209. The molecule has 0 spiro atoms. The Kier molecular flexibility index (Phi) is 11.7. The molecule has 3 N–H and O–H groups in total. The maximum absolute atomic E-state index is 9.59. The molecule has 0 heterocycles. The molecule has 0 aliphatic carbocycles. The largest absolute Gasteiger partial charge is 0.392 e. The van der Waals surface area contributed by atoms with E-state index in [-0.39, 0.29) is 12.2 Å². The lowest BCUT2D eigenvalue weighted by atomic mass is 10.2. The van der Waals surface area contributed by atoms with E-state index in [2.05, 4.69) is 5.32 Å². The molecule has 0 radical (unpaired) electrons. The molecular weight excluding hydrogens is 234 g/mol. The van der Waals surface area contributed by atoms with Crippen LogP contribution in [0.1, 0.15) is 33.6 Å². The van der Waals surface area contributed by atoms with Gasteiger partial charge < -0.3 is 25.0 Å². The zero-order chi connectivity index (χ0) is 13.8. The topological polar surface area (TPSA) is 71.0 Å². The summed E-state index contributed by atoms with van der Waals surface area (Å²) in [4.78, 5) is 0. The van der Waals surface area contributed by atoms with Gasteiger partial charge in [-0.05, 0) is 20.3 Å². The van der Waals surface area contributed by atoms with Crippen molar-refractivity contribution in [3.63, 3.8) is 0 Å². The summed E-state index contributed by atoms with van der Waals surface area (Å²) in [6.07, 6.45) is 1.08. The second-order valence-corrected chi connectivity index (χ2v) is 4.75. The first-order valence-electron chi connectivity index (χ1n) is 6.82. The molecule has 0 rings (SSSR count). The van der Waals surface area contributed by atoms with Crippen molar-refractivity contribution in [2.24, 2.45) is 0 Å². The molecule has 0 saturated carbocycles. The lowest BCUT2D eigenvalue weighted by Crippen LogP contribution is -2.35. The molecule has 2 unspecified atom stereocenters. The van der Waals surface area contributed by atoms with Crippen molar-refractivity contribution < 1.29 is 19.7 Å². The van der Waals surface area contributed by atoms with Crippen LogP contribution in [0, 0.1) is 0 Å². The van der Waals surface area contributed by atoms with Crippen LogP contribution in [0.4, 0.5) is 0 Å². The molecule has 18 heavy (non-hydrogen) atoms. The van der Waals surface area contributed by atoms with Gasteiger partial charge in [0.2, 0.25) is 0 Å². The Morgan fingerprint density at radius 2 is 1.72 bits per heavy atom. The summed E-state index contributed by atoms with van der Waals surface area (Å²) >= 11 is 0. The Hall–Kier alpha value is -0.200. The molecular formula is C13H29NO4. The zero-order valence-corrected chi connectivity index (χ0v) is 11.9. The Morgan fingerprint density at radius 1 is 1.06 bits per heavy atom. The smallest absolute Gasteiger partial charge is 0.0897 e. The molecule has 5 nitrogen and oxygen atoms in total. The number of aliphatic hydroxyl groups excluding tert-OH is 2. The van der Waals surface area contributed by atoms with Gasteiger partial charge in [0.15, 0.2) is 0 Å². The third-order valence-electron chi connectivity index (χ3n) is 2.37.